The lowest BCUT2D eigenvalue weighted by molar-refractivity contribution is -0.111. The molecule has 0 aliphatic rings. The van der Waals surface area contributed by atoms with Crippen LogP contribution in [0.15, 0.2) is 61.9 Å². The van der Waals surface area contributed by atoms with Crippen LogP contribution in [0.25, 0.3) is 17.4 Å². The summed E-state index contributed by atoms with van der Waals surface area (Å²) in [5, 5.41) is 3.16. The minimum atomic E-state index is -0.312. The minimum absolute atomic E-state index is 0.312. The largest absolute Gasteiger partial charge is 0.457 e. The monoisotopic (exact) mass is 508 g/mol. The van der Waals surface area contributed by atoms with E-state index in [1.54, 1.807) is 24.3 Å². The van der Waals surface area contributed by atoms with E-state index in [2.05, 4.69) is 37.2 Å². The van der Waals surface area contributed by atoms with E-state index in [4.69, 9.17) is 21.8 Å². The van der Waals surface area contributed by atoms with Gasteiger partial charge in [-0.1, -0.05) is 27.5 Å². The highest BCUT2D eigenvalue weighted by atomic mass is 79.9. The molecule has 0 spiro atoms. The zero-order chi connectivity index (χ0) is 19.6. The smallest absolute Gasteiger partial charge is 0.248 e. The normalized spacial score (nSPS) is 11.1. The third-order valence-corrected chi connectivity index (χ3v) is 5.23. The van der Waals surface area contributed by atoms with Crippen molar-refractivity contribution in [1.29, 1.82) is 0 Å². The molecule has 1 amide bonds. The molecule has 4 nitrogen and oxygen atoms in total. The van der Waals surface area contributed by atoms with Crippen molar-refractivity contribution in [2.45, 2.75) is 6.92 Å². The lowest BCUT2D eigenvalue weighted by Crippen LogP contribution is -2.09. The number of carbonyl (C=O) groups is 1. The Morgan fingerprint density at radius 3 is 2.67 bits per heavy atom. The summed E-state index contributed by atoms with van der Waals surface area (Å²) in [4.78, 5) is 12.2. The first-order chi connectivity index (χ1) is 12.8. The van der Waals surface area contributed by atoms with Gasteiger partial charge in [0.05, 0.1) is 10.7 Å². The predicted molar refractivity (Wildman–Crippen MR) is 118 cm³/mol. The molecule has 138 valence electrons. The van der Waals surface area contributed by atoms with Gasteiger partial charge in [-0.2, -0.15) is 0 Å². The van der Waals surface area contributed by atoms with Gasteiger partial charge < -0.3 is 15.5 Å². The number of nitrogens with one attached hydrogen (secondary N) is 1. The van der Waals surface area contributed by atoms with Gasteiger partial charge in [-0.25, -0.2) is 0 Å². The Bertz CT molecular complexity index is 1020. The lowest BCUT2D eigenvalue weighted by atomic mass is 10.1. The third-order valence-electron chi connectivity index (χ3n) is 3.78. The molecule has 2 aromatic carbocycles. The van der Waals surface area contributed by atoms with Crippen LogP contribution in [-0.2, 0) is 4.79 Å². The molecule has 0 fully saturated rings. The van der Waals surface area contributed by atoms with Gasteiger partial charge in [0.15, 0.2) is 0 Å². The van der Waals surface area contributed by atoms with Crippen LogP contribution < -0.4 is 11.1 Å². The number of hydrogen-bond donors (Lipinski definition) is 2. The maximum atomic E-state index is 12.2. The number of carbonyl (C=O) groups excluding carboxylic acids is 1. The van der Waals surface area contributed by atoms with E-state index in [0.29, 0.717) is 27.9 Å². The van der Waals surface area contributed by atoms with Gasteiger partial charge in [0.2, 0.25) is 5.91 Å². The second kappa shape index (κ2) is 8.33. The molecule has 0 saturated heterocycles. The van der Waals surface area contributed by atoms with Crippen LogP contribution in [0.4, 0.5) is 11.4 Å². The number of anilines is 2. The van der Waals surface area contributed by atoms with Crippen molar-refractivity contribution in [2.24, 2.45) is 0 Å². The average Bonchev–Trinajstić information content (AvgIpc) is 3.05. The Hall–Kier alpha value is -2.02. The van der Waals surface area contributed by atoms with E-state index < -0.39 is 0 Å². The van der Waals surface area contributed by atoms with Crippen molar-refractivity contribution >= 4 is 66.8 Å². The molecule has 3 rings (SSSR count). The van der Waals surface area contributed by atoms with E-state index in [9.17, 15) is 4.79 Å². The summed E-state index contributed by atoms with van der Waals surface area (Å²) in [6, 6.07) is 12.8. The molecule has 0 atom stereocenters. The Labute approximate surface area is 178 Å². The van der Waals surface area contributed by atoms with Crippen molar-refractivity contribution in [3.63, 3.8) is 0 Å². The minimum Gasteiger partial charge on any atom is -0.457 e. The molecule has 0 unspecified atom stereocenters. The van der Waals surface area contributed by atoms with Crippen LogP contribution >= 0.6 is 43.5 Å². The maximum Gasteiger partial charge on any atom is 0.248 e. The topological polar surface area (TPSA) is 68.3 Å². The standard InChI is InChI=1S/C20H15Br2ClN2O2/c1-11-8-13(24)10-17(23)20(11)25-19(26)7-4-14-3-6-18(27-14)15-5-2-12(21)9-16(15)22/h2-10H,24H2,1H3,(H,25,26)/b7-4+. The van der Waals surface area contributed by atoms with E-state index >= 15 is 0 Å². The summed E-state index contributed by atoms with van der Waals surface area (Å²) in [6.45, 7) is 1.83. The van der Waals surface area contributed by atoms with E-state index in [1.807, 2.05) is 31.2 Å². The number of nitrogens with two attached hydrogens (primary N) is 1. The number of rotatable bonds is 4. The van der Waals surface area contributed by atoms with Gasteiger partial charge in [-0.15, -0.1) is 0 Å². The van der Waals surface area contributed by atoms with Crippen LogP contribution in [0.3, 0.4) is 0 Å². The SMILES string of the molecule is Cc1cc(N)cc(Cl)c1NC(=O)/C=C/c1ccc(-c2ccc(Br)cc2Br)o1. The van der Waals surface area contributed by atoms with Gasteiger partial charge in [-0.3, -0.25) is 4.79 Å². The number of hydrogen-bond acceptors (Lipinski definition) is 3. The maximum absolute atomic E-state index is 12.2. The third kappa shape index (κ3) is 4.83. The molecule has 1 aromatic heterocycles. The number of aryl methyl sites for hydroxylation is 1. The van der Waals surface area contributed by atoms with E-state index in [-0.39, 0.29) is 5.91 Å². The van der Waals surface area contributed by atoms with Crippen molar-refractivity contribution in [3.05, 3.63) is 73.8 Å². The molecular formula is C20H15Br2ClN2O2. The first-order valence-corrected chi connectivity index (χ1v) is 9.90. The summed E-state index contributed by atoms with van der Waals surface area (Å²) in [6.07, 6.45) is 3.00. The lowest BCUT2D eigenvalue weighted by Gasteiger charge is -2.09. The number of benzene rings is 2. The van der Waals surface area contributed by atoms with Gasteiger partial charge in [0.1, 0.15) is 11.5 Å². The van der Waals surface area contributed by atoms with Crippen molar-refractivity contribution in [3.8, 4) is 11.3 Å². The number of halogens is 3. The fourth-order valence-electron chi connectivity index (χ4n) is 2.53. The van der Waals surface area contributed by atoms with Crippen molar-refractivity contribution in [2.75, 3.05) is 11.1 Å². The van der Waals surface area contributed by atoms with Crippen molar-refractivity contribution < 1.29 is 9.21 Å². The highest BCUT2D eigenvalue weighted by Crippen LogP contribution is 2.32. The zero-order valence-electron chi connectivity index (χ0n) is 14.2. The molecule has 0 aliphatic heterocycles. The molecule has 0 bridgehead atoms. The number of furan rings is 1. The highest BCUT2D eigenvalue weighted by molar-refractivity contribution is 9.11. The van der Waals surface area contributed by atoms with Crippen LogP contribution in [0.5, 0.6) is 0 Å². The van der Waals surface area contributed by atoms with Gasteiger partial charge in [0.25, 0.3) is 0 Å². The zero-order valence-corrected chi connectivity index (χ0v) is 18.2. The number of amides is 1. The van der Waals surface area contributed by atoms with Crippen LogP contribution in [0.1, 0.15) is 11.3 Å². The summed E-state index contributed by atoms with van der Waals surface area (Å²) in [5.74, 6) is 0.953. The molecule has 7 heteroatoms. The summed E-state index contributed by atoms with van der Waals surface area (Å²) in [7, 11) is 0. The molecular weight excluding hydrogens is 495 g/mol. The quantitative estimate of drug-likeness (QED) is 0.304. The van der Waals surface area contributed by atoms with Gasteiger partial charge in [-0.05, 0) is 77.0 Å². The average molecular weight is 511 g/mol. The molecule has 3 N–H and O–H groups in total. The Morgan fingerprint density at radius 1 is 1.19 bits per heavy atom. The molecule has 3 aromatic rings. The Morgan fingerprint density at radius 2 is 1.96 bits per heavy atom. The fourth-order valence-corrected chi connectivity index (χ4v) is 4.09. The van der Waals surface area contributed by atoms with Crippen molar-refractivity contribution in [1.82, 2.24) is 0 Å². The van der Waals surface area contributed by atoms with E-state index in [0.717, 1.165) is 20.1 Å². The fraction of sp³-hybridized carbons (Fsp3) is 0.0500. The summed E-state index contributed by atoms with van der Waals surface area (Å²) in [5.41, 5.74) is 8.54. The highest BCUT2D eigenvalue weighted by Gasteiger charge is 2.10. The predicted octanol–water partition coefficient (Wildman–Crippen LogP) is 6.67. The molecule has 27 heavy (non-hydrogen) atoms. The van der Waals surface area contributed by atoms with Crippen LogP contribution in [0, 0.1) is 6.92 Å². The Balaban J connectivity index is 1.73. The van der Waals surface area contributed by atoms with Crippen LogP contribution in [0.2, 0.25) is 5.02 Å². The first-order valence-electron chi connectivity index (χ1n) is 7.93. The van der Waals surface area contributed by atoms with E-state index in [1.165, 1.54) is 6.08 Å². The number of nitrogen functional groups attached to an aromatic ring is 1. The summed E-state index contributed by atoms with van der Waals surface area (Å²) >= 11 is 13.1. The van der Waals surface area contributed by atoms with Gasteiger partial charge >= 0.3 is 0 Å². The second-order valence-electron chi connectivity index (χ2n) is 5.84. The molecule has 0 radical (unpaired) electrons. The second-order valence-corrected chi connectivity index (χ2v) is 8.02. The molecule has 1 heterocycles. The van der Waals surface area contributed by atoms with Gasteiger partial charge in [0, 0.05) is 26.3 Å². The van der Waals surface area contributed by atoms with Crippen LogP contribution in [-0.4, -0.2) is 5.91 Å². The summed E-state index contributed by atoms with van der Waals surface area (Å²) < 4.78 is 7.68. The first kappa shape index (κ1) is 19.7. The molecule has 0 saturated carbocycles. The molecule has 0 aliphatic carbocycles. The Kier molecular flexibility index (Phi) is 6.09.